The predicted molar refractivity (Wildman–Crippen MR) is 174 cm³/mol. The van der Waals surface area contributed by atoms with Crippen molar-refractivity contribution in [2.45, 2.75) is 13.1 Å². The number of aliphatic hydroxyl groups is 1. The third kappa shape index (κ3) is 8.74. The van der Waals surface area contributed by atoms with Gasteiger partial charge in [-0.2, -0.15) is 0 Å². The molecule has 0 spiro atoms. The van der Waals surface area contributed by atoms with Crippen LogP contribution in [0.4, 0.5) is 8.78 Å². The summed E-state index contributed by atoms with van der Waals surface area (Å²) in [5.74, 6) is -1.66. The maximum absolute atomic E-state index is 13.5. The molecule has 2 heterocycles. The van der Waals surface area contributed by atoms with E-state index >= 15 is 0 Å². The number of carbonyl (C=O) groups is 2. The SMILES string of the molecule is CO.COC(=O)c1ccc2ccn(CCOc3ccccc3F)c2c1.O=C(O)c1ccc2ccn(CCOc3ccccc3F)c2c1. The summed E-state index contributed by atoms with van der Waals surface area (Å²) in [4.78, 5) is 22.7. The molecule has 0 aliphatic carbocycles. The molecule has 0 fully saturated rings. The highest BCUT2D eigenvalue weighted by Gasteiger charge is 2.10. The lowest BCUT2D eigenvalue weighted by atomic mass is 10.1. The Morgan fingerprint density at radius 1 is 0.660 bits per heavy atom. The second-order valence-electron chi connectivity index (χ2n) is 9.92. The van der Waals surface area contributed by atoms with Crippen molar-refractivity contribution in [1.82, 2.24) is 9.13 Å². The number of carbonyl (C=O) groups excluding carboxylic acids is 1. The number of nitrogens with zero attached hydrogens (tertiary/aromatic N) is 2. The normalized spacial score (nSPS) is 10.4. The average Bonchev–Trinajstić information content (AvgIpc) is 3.70. The minimum atomic E-state index is -0.961. The lowest BCUT2D eigenvalue weighted by Crippen LogP contribution is -2.08. The van der Waals surface area contributed by atoms with Crippen LogP contribution in [0.3, 0.4) is 0 Å². The van der Waals surface area contributed by atoms with Crippen LogP contribution in [0.2, 0.25) is 0 Å². The molecular weight excluding hydrogens is 610 g/mol. The minimum absolute atomic E-state index is 0.213. The van der Waals surface area contributed by atoms with Crippen molar-refractivity contribution in [1.29, 1.82) is 0 Å². The number of rotatable bonds is 10. The molecule has 4 aromatic carbocycles. The quantitative estimate of drug-likeness (QED) is 0.158. The molecule has 6 rings (SSSR count). The van der Waals surface area contributed by atoms with Crippen LogP contribution in [0.15, 0.2) is 109 Å². The summed E-state index contributed by atoms with van der Waals surface area (Å²) >= 11 is 0. The number of methoxy groups -OCH3 is 1. The van der Waals surface area contributed by atoms with Gasteiger partial charge in [-0.3, -0.25) is 0 Å². The second-order valence-corrected chi connectivity index (χ2v) is 9.92. The van der Waals surface area contributed by atoms with Crippen molar-refractivity contribution < 1.29 is 42.8 Å². The lowest BCUT2D eigenvalue weighted by Gasteiger charge is -2.09. The molecule has 2 aromatic heterocycles. The Bertz CT molecular complexity index is 1950. The van der Waals surface area contributed by atoms with Gasteiger partial charge < -0.3 is 33.6 Å². The van der Waals surface area contributed by atoms with Gasteiger partial charge in [-0.05, 0) is 71.4 Å². The first-order valence-corrected chi connectivity index (χ1v) is 14.5. The van der Waals surface area contributed by atoms with Gasteiger partial charge in [-0.25, -0.2) is 18.4 Å². The molecule has 0 aliphatic rings. The average molecular weight is 645 g/mol. The number of aromatic carboxylic acids is 1. The number of halogens is 2. The number of carboxylic acids is 1. The standard InChI is InChI=1S/C18H16FNO3.C17H14FNO3.CH4O/c1-22-18(21)14-7-6-13-8-9-20(16(13)12-14)10-11-23-17-5-3-2-4-15(17)19;18-14-3-1-2-4-16(14)22-10-9-19-8-7-12-5-6-13(17(20)21)11-15(12)19;1-2/h2-9,12H,10-11H2,1H3;1-8,11H,9-10H2,(H,20,21);2H,1H3. The molecule has 0 radical (unpaired) electrons. The van der Waals surface area contributed by atoms with E-state index in [1.165, 1.54) is 19.2 Å². The molecule has 6 aromatic rings. The third-order valence-electron chi connectivity index (χ3n) is 7.07. The highest BCUT2D eigenvalue weighted by molar-refractivity contribution is 5.95. The van der Waals surface area contributed by atoms with Gasteiger partial charge in [-0.15, -0.1) is 0 Å². The van der Waals surface area contributed by atoms with Crippen LogP contribution in [-0.2, 0) is 17.8 Å². The minimum Gasteiger partial charge on any atom is -0.489 e. The van der Waals surface area contributed by atoms with E-state index in [1.807, 2.05) is 39.7 Å². The summed E-state index contributed by atoms with van der Waals surface area (Å²) in [5, 5.41) is 18.0. The van der Waals surface area contributed by atoms with Gasteiger partial charge in [0.15, 0.2) is 23.1 Å². The smallest absolute Gasteiger partial charge is 0.337 e. The number of benzene rings is 4. The van der Waals surface area contributed by atoms with E-state index in [-0.39, 0.29) is 28.8 Å². The van der Waals surface area contributed by atoms with Crippen LogP contribution in [0.1, 0.15) is 20.7 Å². The van der Waals surface area contributed by atoms with E-state index < -0.39 is 11.8 Å². The molecule has 0 aliphatic heterocycles. The number of carboxylic acid groups (broad SMARTS) is 1. The molecule has 2 N–H and O–H groups in total. The van der Waals surface area contributed by atoms with Crippen LogP contribution in [0.5, 0.6) is 11.5 Å². The van der Waals surface area contributed by atoms with Gasteiger partial charge in [0.1, 0.15) is 13.2 Å². The molecule has 9 nitrogen and oxygen atoms in total. The maximum atomic E-state index is 13.5. The fourth-order valence-electron chi connectivity index (χ4n) is 4.77. The number of aromatic nitrogens is 2. The molecule has 47 heavy (non-hydrogen) atoms. The van der Waals surface area contributed by atoms with Gasteiger partial charge in [0.05, 0.1) is 31.3 Å². The van der Waals surface area contributed by atoms with Crippen LogP contribution < -0.4 is 9.47 Å². The van der Waals surface area contributed by atoms with E-state index in [0.29, 0.717) is 31.9 Å². The number of aliphatic hydroxyl groups excluding tert-OH is 1. The largest absolute Gasteiger partial charge is 0.489 e. The van der Waals surface area contributed by atoms with Crippen LogP contribution >= 0.6 is 0 Å². The fourth-order valence-corrected chi connectivity index (χ4v) is 4.77. The van der Waals surface area contributed by atoms with Crippen LogP contribution in [0, 0.1) is 11.6 Å². The Kier molecular flexibility index (Phi) is 12.1. The first kappa shape index (κ1) is 34.2. The zero-order chi connectivity index (χ0) is 33.8. The third-order valence-corrected chi connectivity index (χ3v) is 7.07. The fraction of sp³-hybridized carbons (Fsp3) is 0.167. The number of hydrogen-bond acceptors (Lipinski definition) is 6. The van der Waals surface area contributed by atoms with Crippen molar-refractivity contribution in [2.24, 2.45) is 0 Å². The Morgan fingerprint density at radius 3 is 1.55 bits per heavy atom. The highest BCUT2D eigenvalue weighted by Crippen LogP contribution is 2.21. The molecular formula is C36H34F2N2O7. The zero-order valence-corrected chi connectivity index (χ0v) is 25.8. The van der Waals surface area contributed by atoms with Crippen LogP contribution in [-0.4, -0.2) is 58.7 Å². The number of ether oxygens (including phenoxy) is 3. The van der Waals surface area contributed by atoms with Crippen molar-refractivity contribution in [3.05, 3.63) is 132 Å². The van der Waals surface area contributed by atoms with Crippen molar-refractivity contribution in [3.8, 4) is 11.5 Å². The first-order chi connectivity index (χ1) is 22.8. The molecule has 0 bridgehead atoms. The van der Waals surface area contributed by atoms with Gasteiger partial charge in [0.2, 0.25) is 0 Å². The lowest BCUT2D eigenvalue weighted by molar-refractivity contribution is 0.0600. The number of fused-ring (bicyclic) bond motifs is 2. The number of hydrogen-bond donors (Lipinski definition) is 2. The van der Waals surface area contributed by atoms with Gasteiger partial charge >= 0.3 is 11.9 Å². The Hall–Kier alpha value is -5.68. The highest BCUT2D eigenvalue weighted by atomic mass is 19.1. The van der Waals surface area contributed by atoms with E-state index in [2.05, 4.69) is 0 Å². The molecule has 244 valence electrons. The van der Waals surface area contributed by atoms with Crippen molar-refractivity contribution >= 4 is 33.7 Å². The summed E-state index contributed by atoms with van der Waals surface area (Å²) in [7, 11) is 2.35. The summed E-state index contributed by atoms with van der Waals surface area (Å²) in [6.07, 6.45) is 3.78. The second kappa shape index (κ2) is 16.6. The van der Waals surface area contributed by atoms with Gasteiger partial charge in [0, 0.05) is 30.5 Å². The summed E-state index contributed by atoms with van der Waals surface area (Å²) in [6, 6.07) is 26.8. The summed E-state index contributed by atoms with van der Waals surface area (Å²) < 4.78 is 46.4. The van der Waals surface area contributed by atoms with E-state index in [4.69, 9.17) is 24.4 Å². The van der Waals surface area contributed by atoms with Gasteiger partial charge in [0.25, 0.3) is 0 Å². The first-order valence-electron chi connectivity index (χ1n) is 14.5. The monoisotopic (exact) mass is 644 g/mol. The van der Waals surface area contributed by atoms with E-state index in [0.717, 1.165) is 28.9 Å². The Balaban J connectivity index is 0.000000202. The topological polar surface area (TPSA) is 112 Å². The summed E-state index contributed by atoms with van der Waals surface area (Å²) in [6.45, 7) is 1.67. The number of para-hydroxylation sites is 2. The van der Waals surface area contributed by atoms with Crippen molar-refractivity contribution in [2.75, 3.05) is 27.4 Å². The Labute approximate surface area is 269 Å². The Morgan fingerprint density at radius 2 is 1.11 bits per heavy atom. The summed E-state index contributed by atoms with van der Waals surface area (Å²) in [5.41, 5.74) is 2.46. The van der Waals surface area contributed by atoms with Gasteiger partial charge in [-0.1, -0.05) is 36.4 Å². The maximum Gasteiger partial charge on any atom is 0.337 e. The zero-order valence-electron chi connectivity index (χ0n) is 25.8. The van der Waals surface area contributed by atoms with E-state index in [1.54, 1.807) is 66.7 Å². The molecule has 0 atom stereocenters. The molecule has 0 unspecified atom stereocenters. The molecule has 11 heteroatoms. The molecule has 0 saturated carbocycles. The molecule has 0 amide bonds. The molecule has 0 saturated heterocycles. The van der Waals surface area contributed by atoms with E-state index in [9.17, 15) is 18.4 Å². The van der Waals surface area contributed by atoms with Crippen LogP contribution in [0.25, 0.3) is 21.8 Å². The van der Waals surface area contributed by atoms with Crippen molar-refractivity contribution in [3.63, 3.8) is 0 Å². The predicted octanol–water partition coefficient (Wildman–Crippen LogP) is 6.81. The number of esters is 1.